The average molecular weight is 224 g/mol. The Kier molecular flexibility index (Phi) is 2.51. The van der Waals surface area contributed by atoms with Crippen LogP contribution >= 0.6 is 0 Å². The summed E-state index contributed by atoms with van der Waals surface area (Å²) in [6, 6.07) is 0. The van der Waals surface area contributed by atoms with Crippen LogP contribution in [0, 0.1) is 6.33 Å². The molecule has 0 bridgehead atoms. The Hall–Kier alpha value is -0.546. The summed E-state index contributed by atoms with van der Waals surface area (Å²) in [5, 5.41) is 0. The number of rotatable bonds is 0. The Morgan fingerprint density at radius 3 is 3.09 bits per heavy atom. The van der Waals surface area contributed by atoms with E-state index in [0.717, 1.165) is 0 Å². The van der Waals surface area contributed by atoms with Crippen molar-refractivity contribution in [3.05, 3.63) is 23.0 Å². The monoisotopic (exact) mass is 224 g/mol. The Morgan fingerprint density at radius 1 is 1.55 bits per heavy atom. The molecule has 0 amide bonds. The van der Waals surface area contributed by atoms with E-state index in [-0.39, 0.29) is 38.3 Å². The third-order valence-corrected chi connectivity index (χ3v) is 1.18. The van der Waals surface area contributed by atoms with Crippen LogP contribution in [0.25, 0.3) is 11.2 Å². The van der Waals surface area contributed by atoms with Gasteiger partial charge in [-0.3, -0.25) is 4.98 Å². The van der Waals surface area contributed by atoms with Gasteiger partial charge in [-0.2, -0.15) is 0 Å². The van der Waals surface area contributed by atoms with Crippen molar-refractivity contribution in [2.24, 2.45) is 0 Å². The summed E-state index contributed by atoms with van der Waals surface area (Å²) in [5.41, 5.74) is 0.532. The first-order valence-corrected chi connectivity index (χ1v) is 2.67. The number of nitrogens with zero attached hydrogens (tertiary/aromatic N) is 2. The fourth-order valence-electron chi connectivity index (χ4n) is 0.733. The summed E-state index contributed by atoms with van der Waals surface area (Å²) in [4.78, 5) is 23.2. The smallest absolute Gasteiger partial charge is 0.161 e. The second-order valence-corrected chi connectivity index (χ2v) is 1.78. The predicted octanol–water partition coefficient (Wildman–Crippen LogP) is -0.556. The van der Waals surface area contributed by atoms with Gasteiger partial charge in [0.2, 0.25) is 0 Å². The molecule has 0 aliphatic carbocycles. The quantitative estimate of drug-likeness (QED) is 0.589. The zero-order chi connectivity index (χ0) is 6.97. The molecule has 2 aromatic heterocycles. The molecule has 0 unspecified atom stereocenters. The van der Waals surface area contributed by atoms with Crippen molar-refractivity contribution in [3.63, 3.8) is 0 Å². The molecule has 11 heavy (non-hydrogen) atoms. The van der Waals surface area contributed by atoms with Gasteiger partial charge in [0, 0.05) is 44.6 Å². The van der Waals surface area contributed by atoms with E-state index in [0.29, 0.717) is 11.2 Å². The van der Waals surface area contributed by atoms with E-state index in [1.54, 1.807) is 0 Å². The van der Waals surface area contributed by atoms with Crippen molar-refractivity contribution in [1.29, 1.82) is 0 Å². The summed E-state index contributed by atoms with van der Waals surface area (Å²) < 4.78 is 0. The normalized spacial score (nSPS) is 9.45. The molecule has 0 atom stereocenters. The van der Waals surface area contributed by atoms with Crippen LogP contribution in [0.3, 0.4) is 0 Å². The molecule has 0 spiro atoms. The topological polar surface area (TPSA) is 74.4 Å². The number of imidazole rings is 1. The molecule has 0 saturated heterocycles. The Balaban J connectivity index is 0.000000605. The zero-order valence-electron chi connectivity index (χ0n) is 5.46. The number of aromatic amines is 2. The van der Waals surface area contributed by atoms with E-state index < -0.39 is 0 Å². The fraction of sp³-hybridized carbons (Fsp3) is 0. The van der Waals surface area contributed by atoms with E-state index >= 15 is 0 Å². The summed E-state index contributed by atoms with van der Waals surface area (Å²) in [6.07, 6.45) is 3.74. The minimum atomic E-state index is -0.248. The van der Waals surface area contributed by atoms with Crippen LogP contribution < -0.4 is 5.56 Å². The van der Waals surface area contributed by atoms with Gasteiger partial charge >= 0.3 is 0 Å². The van der Waals surface area contributed by atoms with Crippen molar-refractivity contribution < 1.29 is 32.7 Å². The van der Waals surface area contributed by atoms with E-state index in [1.807, 2.05) is 0 Å². The van der Waals surface area contributed by atoms with Crippen LogP contribution in [-0.2, 0) is 32.7 Å². The third kappa shape index (κ3) is 1.39. The SMILES string of the molecule is O=c1[nH][c-]nc2nc[nH]c12.[Y]. The maximum atomic E-state index is 10.8. The zero-order valence-corrected chi connectivity index (χ0v) is 8.30. The minimum absolute atomic E-state index is 0. The van der Waals surface area contributed by atoms with Gasteiger partial charge in [0.05, 0.1) is 12.0 Å². The summed E-state index contributed by atoms with van der Waals surface area (Å²) in [6.45, 7) is 0. The van der Waals surface area contributed by atoms with Gasteiger partial charge in [0.1, 0.15) is 0 Å². The molecule has 0 saturated carbocycles. The van der Waals surface area contributed by atoms with E-state index in [2.05, 4.69) is 26.3 Å². The van der Waals surface area contributed by atoms with Crippen molar-refractivity contribution in [2.45, 2.75) is 0 Å². The summed E-state index contributed by atoms with van der Waals surface area (Å²) in [7, 11) is 0. The number of hydrogen-bond acceptors (Lipinski definition) is 3. The van der Waals surface area contributed by atoms with E-state index in [4.69, 9.17) is 0 Å². The Labute approximate surface area is 86.5 Å². The molecule has 2 rings (SSSR count). The number of nitrogens with one attached hydrogen (secondary N) is 2. The van der Waals surface area contributed by atoms with Crippen molar-refractivity contribution in [2.75, 3.05) is 0 Å². The molecular weight excluding hydrogens is 221 g/mol. The molecule has 0 aromatic carbocycles. The van der Waals surface area contributed by atoms with Crippen LogP contribution in [0.4, 0.5) is 0 Å². The molecule has 2 heterocycles. The molecule has 53 valence electrons. The standard InChI is InChI=1S/C5H3N4O.Y/c10-5-3-4(7-1-6-3)8-2-9-5;/h1H,(H2,6,7,8,9,10);/q-1;. The maximum absolute atomic E-state index is 10.8. The molecule has 5 nitrogen and oxygen atoms in total. The van der Waals surface area contributed by atoms with Gasteiger partial charge in [-0.15, -0.1) is 0 Å². The van der Waals surface area contributed by atoms with Gasteiger partial charge in [0.25, 0.3) is 0 Å². The second-order valence-electron chi connectivity index (χ2n) is 1.78. The number of hydrogen-bond donors (Lipinski definition) is 2. The molecule has 0 aliphatic rings. The van der Waals surface area contributed by atoms with E-state index in [1.165, 1.54) is 6.33 Å². The third-order valence-electron chi connectivity index (χ3n) is 1.18. The van der Waals surface area contributed by atoms with Crippen molar-refractivity contribution >= 4 is 11.2 Å². The van der Waals surface area contributed by atoms with Gasteiger partial charge in [-0.25, -0.2) is 0 Å². The van der Waals surface area contributed by atoms with Crippen LogP contribution in [0.5, 0.6) is 0 Å². The average Bonchev–Trinajstić information content (AvgIpc) is 2.36. The molecule has 1 radical (unpaired) electrons. The minimum Gasteiger partial charge on any atom is -0.419 e. The Morgan fingerprint density at radius 2 is 2.36 bits per heavy atom. The van der Waals surface area contributed by atoms with E-state index in [9.17, 15) is 4.79 Å². The van der Waals surface area contributed by atoms with Gasteiger partial charge in [0.15, 0.2) is 5.56 Å². The molecule has 0 fully saturated rings. The van der Waals surface area contributed by atoms with Crippen molar-refractivity contribution in [3.8, 4) is 0 Å². The molecule has 2 N–H and O–H groups in total. The van der Waals surface area contributed by atoms with Crippen molar-refractivity contribution in [1.82, 2.24) is 19.9 Å². The van der Waals surface area contributed by atoms with Gasteiger partial charge in [-0.1, -0.05) is 0 Å². The number of H-pyrrole nitrogens is 2. The second kappa shape index (κ2) is 3.23. The molecular formula is C5H3N4OY-. The number of fused-ring (bicyclic) bond motifs is 1. The first-order chi connectivity index (χ1) is 4.88. The largest absolute Gasteiger partial charge is 0.419 e. The predicted molar refractivity (Wildman–Crippen MR) is 33.3 cm³/mol. The Bertz CT molecular complexity index is 406. The maximum Gasteiger partial charge on any atom is 0.161 e. The van der Waals surface area contributed by atoms with Crippen LogP contribution in [0.15, 0.2) is 11.1 Å². The first kappa shape index (κ1) is 8.55. The van der Waals surface area contributed by atoms with Gasteiger partial charge < -0.3 is 19.7 Å². The molecule has 0 aliphatic heterocycles. The van der Waals surface area contributed by atoms with Gasteiger partial charge in [-0.05, 0) is 0 Å². The van der Waals surface area contributed by atoms with Crippen LogP contribution in [-0.4, -0.2) is 19.9 Å². The fourth-order valence-corrected chi connectivity index (χ4v) is 0.733. The summed E-state index contributed by atoms with van der Waals surface area (Å²) >= 11 is 0. The van der Waals surface area contributed by atoms with Crippen LogP contribution in [0.1, 0.15) is 0 Å². The molecule has 6 heteroatoms. The summed E-state index contributed by atoms with van der Waals surface area (Å²) in [5.74, 6) is 0. The number of aromatic nitrogens is 4. The van der Waals surface area contributed by atoms with Crippen LogP contribution in [0.2, 0.25) is 0 Å². The first-order valence-electron chi connectivity index (χ1n) is 2.67. The molecule has 2 aromatic rings.